The Balaban J connectivity index is 1.77. The molecule has 1 aromatic heterocycles. The number of hydrogen-bond donors (Lipinski definition) is 1. The first-order valence-electron chi connectivity index (χ1n) is 8.57. The molecule has 1 N–H and O–H groups in total. The van der Waals surface area contributed by atoms with Gasteiger partial charge in [0.1, 0.15) is 5.82 Å². The Hall–Kier alpha value is -2.08. The van der Waals surface area contributed by atoms with Gasteiger partial charge in [0.15, 0.2) is 0 Å². The molecule has 2 aromatic rings. The predicted molar refractivity (Wildman–Crippen MR) is 90.5 cm³/mol. The van der Waals surface area contributed by atoms with Crippen LogP contribution in [0.5, 0.6) is 0 Å². The van der Waals surface area contributed by atoms with Gasteiger partial charge in [-0.05, 0) is 43.9 Å². The van der Waals surface area contributed by atoms with Crippen molar-refractivity contribution in [2.24, 2.45) is 0 Å². The van der Waals surface area contributed by atoms with E-state index in [-0.39, 0.29) is 12.1 Å². The van der Waals surface area contributed by atoms with Crippen molar-refractivity contribution < 1.29 is 14.6 Å². The lowest BCUT2D eigenvalue weighted by Crippen LogP contribution is -2.47. The molecule has 2 unspecified atom stereocenters. The van der Waals surface area contributed by atoms with Crippen molar-refractivity contribution in [1.29, 1.82) is 0 Å². The van der Waals surface area contributed by atoms with E-state index in [9.17, 15) is 9.90 Å². The maximum absolute atomic E-state index is 11.3. The van der Waals surface area contributed by atoms with Crippen LogP contribution in [0.25, 0.3) is 11.0 Å². The monoisotopic (exact) mass is 329 g/mol. The van der Waals surface area contributed by atoms with Crippen molar-refractivity contribution in [2.45, 2.75) is 44.2 Å². The predicted octanol–water partition coefficient (Wildman–Crippen LogP) is 3.16. The SMILES string of the molecule is COC1CN(C(=O)O)CCC1n1c(C2CC2)nc2cc(C)ccc21. The number of aromatic nitrogens is 2. The zero-order chi connectivity index (χ0) is 16.8. The first-order chi connectivity index (χ1) is 11.6. The molecule has 1 saturated heterocycles. The van der Waals surface area contributed by atoms with Crippen molar-refractivity contribution in [3.63, 3.8) is 0 Å². The minimum Gasteiger partial charge on any atom is -0.465 e. The van der Waals surface area contributed by atoms with Gasteiger partial charge in [-0.25, -0.2) is 9.78 Å². The van der Waals surface area contributed by atoms with Gasteiger partial charge < -0.3 is 19.3 Å². The maximum atomic E-state index is 11.3. The number of nitrogens with zero attached hydrogens (tertiary/aromatic N) is 3. The number of likely N-dealkylation sites (tertiary alicyclic amines) is 1. The van der Waals surface area contributed by atoms with Crippen molar-refractivity contribution in [3.8, 4) is 0 Å². The van der Waals surface area contributed by atoms with Crippen LogP contribution in [-0.2, 0) is 4.74 Å². The van der Waals surface area contributed by atoms with Crippen molar-refractivity contribution in [3.05, 3.63) is 29.6 Å². The van der Waals surface area contributed by atoms with Gasteiger partial charge >= 0.3 is 6.09 Å². The summed E-state index contributed by atoms with van der Waals surface area (Å²) >= 11 is 0. The van der Waals surface area contributed by atoms with E-state index in [0.29, 0.717) is 19.0 Å². The number of benzene rings is 1. The fraction of sp³-hybridized carbons (Fsp3) is 0.556. The highest BCUT2D eigenvalue weighted by Gasteiger charge is 2.38. The Labute approximate surface area is 141 Å². The smallest absolute Gasteiger partial charge is 0.407 e. The van der Waals surface area contributed by atoms with Crippen LogP contribution in [0.3, 0.4) is 0 Å². The fourth-order valence-corrected chi connectivity index (χ4v) is 3.81. The van der Waals surface area contributed by atoms with Gasteiger partial charge in [0, 0.05) is 19.6 Å². The summed E-state index contributed by atoms with van der Waals surface area (Å²) < 4.78 is 8.02. The number of hydrogen-bond acceptors (Lipinski definition) is 3. The highest BCUT2D eigenvalue weighted by molar-refractivity contribution is 5.77. The molecule has 1 saturated carbocycles. The molecule has 6 nitrogen and oxygen atoms in total. The van der Waals surface area contributed by atoms with Gasteiger partial charge in [0.25, 0.3) is 0 Å². The number of ether oxygens (including phenoxy) is 1. The molecule has 2 aliphatic rings. The standard InChI is InChI=1S/C18H23N3O3/c1-11-3-6-14-13(9-11)19-17(12-4-5-12)21(14)15-7-8-20(18(22)23)10-16(15)24-2/h3,6,9,12,15-16H,4-5,7-8,10H2,1-2H3,(H,22,23). The molecule has 1 amide bonds. The highest BCUT2D eigenvalue weighted by atomic mass is 16.5. The third kappa shape index (κ3) is 2.55. The Morgan fingerprint density at radius 3 is 2.79 bits per heavy atom. The maximum Gasteiger partial charge on any atom is 0.407 e. The van der Waals surface area contributed by atoms with Crippen LogP contribution in [0.15, 0.2) is 18.2 Å². The Morgan fingerprint density at radius 2 is 2.12 bits per heavy atom. The quantitative estimate of drug-likeness (QED) is 0.939. The average Bonchev–Trinajstić information content (AvgIpc) is 3.35. The summed E-state index contributed by atoms with van der Waals surface area (Å²) in [6.07, 6.45) is 2.11. The van der Waals surface area contributed by atoms with Crippen molar-refractivity contribution >= 4 is 17.1 Å². The lowest BCUT2D eigenvalue weighted by molar-refractivity contribution is -0.00110. The first kappa shape index (κ1) is 15.4. The molecular formula is C18H23N3O3. The first-order valence-corrected chi connectivity index (χ1v) is 8.57. The molecular weight excluding hydrogens is 306 g/mol. The third-order valence-corrected chi connectivity index (χ3v) is 5.24. The van der Waals surface area contributed by atoms with Gasteiger partial charge in [0.05, 0.1) is 29.7 Å². The highest BCUT2D eigenvalue weighted by Crippen LogP contribution is 2.43. The minimum absolute atomic E-state index is 0.133. The molecule has 4 rings (SSSR count). The summed E-state index contributed by atoms with van der Waals surface area (Å²) in [4.78, 5) is 17.7. The average molecular weight is 329 g/mol. The molecule has 0 bridgehead atoms. The van der Waals surface area contributed by atoms with Crippen LogP contribution in [0.2, 0.25) is 0 Å². The van der Waals surface area contributed by atoms with E-state index in [1.807, 2.05) is 0 Å². The number of aryl methyl sites for hydroxylation is 1. The summed E-state index contributed by atoms with van der Waals surface area (Å²) in [5.41, 5.74) is 3.38. The van der Waals surface area contributed by atoms with Gasteiger partial charge in [-0.3, -0.25) is 0 Å². The zero-order valence-corrected chi connectivity index (χ0v) is 14.1. The zero-order valence-electron chi connectivity index (χ0n) is 14.1. The lowest BCUT2D eigenvalue weighted by atomic mass is 10.0. The van der Waals surface area contributed by atoms with E-state index >= 15 is 0 Å². The molecule has 2 atom stereocenters. The van der Waals surface area contributed by atoms with E-state index in [1.54, 1.807) is 7.11 Å². The molecule has 1 aliphatic carbocycles. The van der Waals surface area contributed by atoms with Gasteiger partial charge in [-0.2, -0.15) is 0 Å². The molecule has 2 heterocycles. The molecule has 0 spiro atoms. The van der Waals surface area contributed by atoms with E-state index < -0.39 is 6.09 Å². The van der Waals surface area contributed by atoms with Crippen LogP contribution < -0.4 is 0 Å². The van der Waals surface area contributed by atoms with Crippen LogP contribution in [0.1, 0.15) is 42.6 Å². The number of methoxy groups -OCH3 is 1. The molecule has 24 heavy (non-hydrogen) atoms. The van der Waals surface area contributed by atoms with E-state index in [1.165, 1.54) is 23.3 Å². The van der Waals surface area contributed by atoms with Crippen LogP contribution in [0.4, 0.5) is 4.79 Å². The van der Waals surface area contributed by atoms with Crippen LogP contribution in [-0.4, -0.2) is 52.0 Å². The van der Waals surface area contributed by atoms with Crippen molar-refractivity contribution in [1.82, 2.24) is 14.5 Å². The number of amides is 1. The lowest BCUT2D eigenvalue weighted by Gasteiger charge is -2.38. The van der Waals surface area contributed by atoms with Crippen molar-refractivity contribution in [2.75, 3.05) is 20.2 Å². The number of imidazole rings is 1. The second kappa shape index (κ2) is 5.77. The normalized spacial score (nSPS) is 24.5. The van der Waals surface area contributed by atoms with E-state index in [4.69, 9.17) is 9.72 Å². The summed E-state index contributed by atoms with van der Waals surface area (Å²) in [7, 11) is 1.67. The molecule has 1 aromatic carbocycles. The summed E-state index contributed by atoms with van der Waals surface area (Å²) in [6, 6.07) is 6.52. The summed E-state index contributed by atoms with van der Waals surface area (Å²) in [5.74, 6) is 1.68. The number of rotatable bonds is 3. The van der Waals surface area contributed by atoms with Gasteiger partial charge in [-0.1, -0.05) is 6.07 Å². The second-order valence-electron chi connectivity index (χ2n) is 6.97. The van der Waals surface area contributed by atoms with Crippen LogP contribution in [0, 0.1) is 6.92 Å². The summed E-state index contributed by atoms with van der Waals surface area (Å²) in [6.45, 7) is 3.03. The molecule has 128 valence electrons. The number of carboxylic acid groups (broad SMARTS) is 1. The number of piperidine rings is 1. The summed E-state index contributed by atoms with van der Waals surface area (Å²) in [5, 5.41) is 9.27. The third-order valence-electron chi connectivity index (χ3n) is 5.24. The Morgan fingerprint density at radius 1 is 1.33 bits per heavy atom. The Bertz CT molecular complexity index is 781. The minimum atomic E-state index is -0.871. The topological polar surface area (TPSA) is 67.6 Å². The van der Waals surface area contributed by atoms with E-state index in [2.05, 4.69) is 29.7 Å². The second-order valence-corrected chi connectivity index (χ2v) is 6.97. The molecule has 0 radical (unpaired) electrons. The molecule has 2 fully saturated rings. The van der Waals surface area contributed by atoms with Gasteiger partial charge in [0.2, 0.25) is 0 Å². The van der Waals surface area contributed by atoms with Gasteiger partial charge in [-0.15, -0.1) is 0 Å². The Kier molecular flexibility index (Phi) is 3.72. The van der Waals surface area contributed by atoms with E-state index in [0.717, 1.165) is 23.3 Å². The molecule has 1 aliphatic heterocycles. The largest absolute Gasteiger partial charge is 0.465 e. The van der Waals surface area contributed by atoms with Crippen LogP contribution >= 0.6 is 0 Å². The number of carbonyl (C=O) groups is 1. The molecule has 6 heteroatoms. The fourth-order valence-electron chi connectivity index (χ4n) is 3.81. The number of fused-ring (bicyclic) bond motifs is 1.